The summed E-state index contributed by atoms with van der Waals surface area (Å²) < 4.78 is 26.1. The quantitative estimate of drug-likeness (QED) is 0.578. The van der Waals surface area contributed by atoms with Gasteiger partial charge in [0, 0.05) is 12.1 Å². The number of esters is 2. The highest BCUT2D eigenvalue weighted by Crippen LogP contribution is 2.35. The van der Waals surface area contributed by atoms with Gasteiger partial charge in [0.2, 0.25) is 0 Å². The van der Waals surface area contributed by atoms with E-state index in [1.165, 1.54) is 33.5 Å². The molecule has 0 saturated heterocycles. The Hall–Kier alpha value is -3.43. The molecule has 30 heavy (non-hydrogen) atoms. The predicted octanol–water partition coefficient (Wildman–Crippen LogP) is 1.78. The van der Waals surface area contributed by atoms with Gasteiger partial charge < -0.3 is 34.3 Å². The molecule has 1 aromatic carbocycles. The lowest BCUT2D eigenvalue weighted by molar-refractivity contribution is -0.139. The van der Waals surface area contributed by atoms with Gasteiger partial charge in [-0.2, -0.15) is 0 Å². The number of nitrogens with one attached hydrogen (secondary N) is 2. The van der Waals surface area contributed by atoms with Crippen LogP contribution < -0.4 is 24.8 Å². The fourth-order valence-electron chi connectivity index (χ4n) is 2.98. The van der Waals surface area contributed by atoms with Crippen LogP contribution in [0, 0.1) is 0 Å². The van der Waals surface area contributed by atoms with E-state index in [4.69, 9.17) is 23.7 Å². The van der Waals surface area contributed by atoms with Gasteiger partial charge in [0.15, 0.2) is 11.5 Å². The van der Waals surface area contributed by atoms with Crippen molar-refractivity contribution in [3.63, 3.8) is 0 Å². The zero-order chi connectivity index (χ0) is 22.3. The van der Waals surface area contributed by atoms with E-state index in [1.807, 2.05) is 6.92 Å². The van der Waals surface area contributed by atoms with E-state index in [-0.39, 0.29) is 35.8 Å². The van der Waals surface area contributed by atoms with Gasteiger partial charge in [-0.1, -0.05) is 6.92 Å². The summed E-state index contributed by atoms with van der Waals surface area (Å²) in [6, 6.07) is 1.88. The van der Waals surface area contributed by atoms with Crippen LogP contribution in [0.5, 0.6) is 17.2 Å². The van der Waals surface area contributed by atoms with Crippen molar-refractivity contribution in [1.29, 1.82) is 0 Å². The van der Waals surface area contributed by atoms with E-state index in [9.17, 15) is 14.4 Å². The van der Waals surface area contributed by atoms with Gasteiger partial charge in [-0.05, 0) is 13.3 Å². The number of carbonyl (C=O) groups excluding carboxylic acids is 3. The van der Waals surface area contributed by atoms with E-state index < -0.39 is 24.0 Å². The van der Waals surface area contributed by atoms with Crippen molar-refractivity contribution >= 4 is 18.0 Å². The molecular formula is C20H26N2O8. The molecule has 0 unspecified atom stereocenters. The average molecular weight is 422 g/mol. The highest BCUT2D eigenvalue weighted by Gasteiger charge is 2.32. The third kappa shape index (κ3) is 4.94. The molecular weight excluding hydrogens is 396 g/mol. The fourth-order valence-corrected chi connectivity index (χ4v) is 2.98. The van der Waals surface area contributed by atoms with Crippen LogP contribution in [0.4, 0.5) is 4.79 Å². The van der Waals surface area contributed by atoms with Gasteiger partial charge in [-0.15, -0.1) is 0 Å². The molecule has 0 aliphatic carbocycles. The van der Waals surface area contributed by atoms with Crippen LogP contribution in [0.2, 0.25) is 0 Å². The van der Waals surface area contributed by atoms with Crippen molar-refractivity contribution in [1.82, 2.24) is 10.6 Å². The van der Waals surface area contributed by atoms with Crippen molar-refractivity contribution in [3.05, 3.63) is 29.0 Å². The molecule has 0 radical (unpaired) electrons. The predicted molar refractivity (Wildman–Crippen MR) is 106 cm³/mol. The van der Waals surface area contributed by atoms with Crippen LogP contribution in [0.3, 0.4) is 0 Å². The Bertz CT molecular complexity index is 849. The summed E-state index contributed by atoms with van der Waals surface area (Å²) in [7, 11) is 4.30. The molecule has 164 valence electrons. The Morgan fingerprint density at radius 3 is 2.13 bits per heavy atom. The summed E-state index contributed by atoms with van der Waals surface area (Å²) in [4.78, 5) is 37.0. The summed E-state index contributed by atoms with van der Waals surface area (Å²) >= 11 is 0. The van der Waals surface area contributed by atoms with Crippen LogP contribution in [0.15, 0.2) is 23.4 Å². The Balaban J connectivity index is 2.32. The average Bonchev–Trinajstić information content (AvgIpc) is 2.75. The largest absolute Gasteiger partial charge is 0.496 e. The van der Waals surface area contributed by atoms with Crippen molar-refractivity contribution in [3.8, 4) is 17.2 Å². The van der Waals surface area contributed by atoms with E-state index >= 15 is 0 Å². The van der Waals surface area contributed by atoms with Crippen LogP contribution in [0.25, 0.3) is 0 Å². The van der Waals surface area contributed by atoms with Gasteiger partial charge in [0.1, 0.15) is 17.9 Å². The number of hydrogen-bond donors (Lipinski definition) is 2. The number of amides is 2. The maximum absolute atomic E-state index is 12.7. The topological polar surface area (TPSA) is 121 Å². The molecule has 2 amide bonds. The molecule has 0 saturated carbocycles. The van der Waals surface area contributed by atoms with E-state index in [2.05, 4.69) is 10.6 Å². The molecule has 2 rings (SSSR count). The first-order valence-corrected chi connectivity index (χ1v) is 9.34. The second-order valence-electron chi connectivity index (χ2n) is 6.16. The first-order chi connectivity index (χ1) is 14.4. The highest BCUT2D eigenvalue weighted by molar-refractivity contribution is 5.96. The third-order valence-electron chi connectivity index (χ3n) is 4.42. The summed E-state index contributed by atoms with van der Waals surface area (Å²) in [6.07, 6.45) is 0.461. The van der Waals surface area contributed by atoms with E-state index in [1.54, 1.807) is 6.92 Å². The molecule has 0 fully saturated rings. The standard InChI is InChI=1S/C20H26N2O8/c1-6-12-17(19(24)29-7-2)13(22-20(25)21-12)10-30-18(23)11-8-15(27-4)16(28-5)9-14(11)26-3/h8-9,12H,6-7,10H2,1-5H3,(H2,21,22,25)/t12-/m0/s1. The molecule has 1 aliphatic heterocycles. The van der Waals surface area contributed by atoms with Gasteiger partial charge in [-0.25, -0.2) is 14.4 Å². The molecule has 0 bridgehead atoms. The van der Waals surface area contributed by atoms with Crippen LogP contribution in [-0.2, 0) is 14.3 Å². The van der Waals surface area contributed by atoms with Crippen molar-refractivity contribution in [2.24, 2.45) is 0 Å². The number of carbonyl (C=O) groups is 3. The SMILES string of the molecule is CCOC(=O)C1=C(COC(=O)c2cc(OC)c(OC)cc2OC)NC(=O)N[C@H]1CC. The number of hydrogen-bond acceptors (Lipinski definition) is 8. The monoisotopic (exact) mass is 422 g/mol. The number of ether oxygens (including phenoxy) is 5. The molecule has 0 aromatic heterocycles. The molecule has 1 atom stereocenters. The normalized spacial score (nSPS) is 15.6. The van der Waals surface area contributed by atoms with Crippen molar-refractivity contribution < 1.29 is 38.1 Å². The first-order valence-electron chi connectivity index (χ1n) is 9.34. The van der Waals surface area contributed by atoms with E-state index in [0.29, 0.717) is 17.9 Å². The van der Waals surface area contributed by atoms with Gasteiger partial charge in [-0.3, -0.25) is 0 Å². The lowest BCUT2D eigenvalue weighted by Crippen LogP contribution is -2.51. The molecule has 1 aromatic rings. The number of urea groups is 1. The van der Waals surface area contributed by atoms with Gasteiger partial charge in [0.05, 0.1) is 45.2 Å². The summed E-state index contributed by atoms with van der Waals surface area (Å²) in [5.41, 5.74) is 0.476. The smallest absolute Gasteiger partial charge is 0.342 e. The van der Waals surface area contributed by atoms with Crippen molar-refractivity contribution in [2.75, 3.05) is 34.5 Å². The first kappa shape index (κ1) is 22.9. The molecule has 10 heteroatoms. The molecule has 0 spiro atoms. The Labute approximate surface area is 174 Å². The maximum Gasteiger partial charge on any atom is 0.342 e. The zero-order valence-corrected chi connectivity index (χ0v) is 17.6. The fraction of sp³-hybridized carbons (Fsp3) is 0.450. The van der Waals surface area contributed by atoms with Gasteiger partial charge in [0.25, 0.3) is 0 Å². The minimum atomic E-state index is -0.732. The summed E-state index contributed by atoms with van der Waals surface area (Å²) in [5, 5.41) is 5.17. The lowest BCUT2D eigenvalue weighted by Gasteiger charge is -2.28. The maximum atomic E-state index is 12.7. The molecule has 10 nitrogen and oxygen atoms in total. The molecule has 2 N–H and O–H groups in total. The minimum absolute atomic E-state index is 0.0979. The Morgan fingerprint density at radius 1 is 0.933 bits per heavy atom. The second-order valence-corrected chi connectivity index (χ2v) is 6.16. The minimum Gasteiger partial charge on any atom is -0.496 e. The molecule has 1 aliphatic rings. The van der Waals surface area contributed by atoms with Crippen LogP contribution >= 0.6 is 0 Å². The van der Waals surface area contributed by atoms with Crippen LogP contribution in [-0.4, -0.2) is 58.6 Å². The summed E-state index contributed by atoms with van der Waals surface area (Å²) in [5.74, 6) is -0.401. The van der Waals surface area contributed by atoms with Gasteiger partial charge >= 0.3 is 18.0 Å². The van der Waals surface area contributed by atoms with Crippen LogP contribution in [0.1, 0.15) is 30.6 Å². The van der Waals surface area contributed by atoms with Crippen molar-refractivity contribution in [2.45, 2.75) is 26.3 Å². The number of rotatable bonds is 9. The Morgan fingerprint density at radius 2 is 1.57 bits per heavy atom. The third-order valence-corrected chi connectivity index (χ3v) is 4.42. The Kier molecular flexibility index (Phi) is 7.90. The highest BCUT2D eigenvalue weighted by atomic mass is 16.5. The second kappa shape index (κ2) is 10.4. The zero-order valence-electron chi connectivity index (χ0n) is 17.6. The lowest BCUT2D eigenvalue weighted by atomic mass is 10.0. The molecule has 1 heterocycles. The van der Waals surface area contributed by atoms with E-state index in [0.717, 1.165) is 0 Å². The summed E-state index contributed by atoms with van der Waals surface area (Å²) in [6.45, 7) is 3.32. The number of benzene rings is 1. The number of methoxy groups -OCH3 is 3.